The molecule has 0 saturated heterocycles. The predicted molar refractivity (Wildman–Crippen MR) is 86.3 cm³/mol. The van der Waals surface area contributed by atoms with Crippen molar-refractivity contribution in [1.82, 2.24) is 4.90 Å². The lowest BCUT2D eigenvalue weighted by molar-refractivity contribution is -0.136. The van der Waals surface area contributed by atoms with Gasteiger partial charge in [-0.15, -0.1) is 0 Å². The van der Waals surface area contributed by atoms with Gasteiger partial charge >= 0.3 is 0 Å². The first-order chi connectivity index (χ1) is 9.86. The summed E-state index contributed by atoms with van der Waals surface area (Å²) >= 11 is 0. The summed E-state index contributed by atoms with van der Waals surface area (Å²) in [7, 11) is 1.68. The number of amides is 2. The normalized spacial score (nSPS) is 11.9. The average molecular weight is 290 g/mol. The number of anilines is 1. The fourth-order valence-electron chi connectivity index (χ4n) is 2.30. The van der Waals surface area contributed by atoms with Gasteiger partial charge in [-0.3, -0.25) is 9.59 Å². The lowest BCUT2D eigenvalue weighted by atomic mass is 10.1. The first-order valence-corrected chi connectivity index (χ1v) is 7.47. The molecule has 1 atom stereocenters. The van der Waals surface area contributed by atoms with Crippen LogP contribution in [0.2, 0.25) is 0 Å². The van der Waals surface area contributed by atoms with Gasteiger partial charge in [0, 0.05) is 18.7 Å². The van der Waals surface area contributed by atoms with Crippen LogP contribution in [-0.2, 0) is 9.59 Å². The minimum absolute atomic E-state index is 0.0213. The predicted octanol–water partition coefficient (Wildman–Crippen LogP) is 3.14. The van der Waals surface area contributed by atoms with Crippen LogP contribution in [0.4, 0.5) is 5.69 Å². The molecule has 1 unspecified atom stereocenters. The zero-order valence-corrected chi connectivity index (χ0v) is 13.7. The van der Waals surface area contributed by atoms with Crippen molar-refractivity contribution in [3.05, 3.63) is 29.3 Å². The fraction of sp³-hybridized carbons (Fsp3) is 0.529. The molecule has 0 saturated carbocycles. The second-order valence-corrected chi connectivity index (χ2v) is 5.68. The number of likely N-dealkylation sites (N-methyl/N-ethyl adjacent to an activating group) is 1. The van der Waals surface area contributed by atoms with Crippen LogP contribution in [0.15, 0.2) is 18.2 Å². The molecule has 0 spiro atoms. The number of benzene rings is 1. The molecule has 0 aliphatic rings. The highest BCUT2D eigenvalue weighted by Gasteiger charge is 2.19. The zero-order chi connectivity index (χ0) is 16.0. The highest BCUT2D eigenvalue weighted by molar-refractivity contribution is 5.95. The lowest BCUT2D eigenvalue weighted by Gasteiger charge is -2.21. The number of hydrogen-bond donors (Lipinski definition) is 1. The van der Waals surface area contributed by atoms with E-state index < -0.39 is 0 Å². The maximum atomic E-state index is 12.1. The summed E-state index contributed by atoms with van der Waals surface area (Å²) in [6, 6.07) is 5.80. The fourth-order valence-corrected chi connectivity index (χ4v) is 2.30. The molecule has 21 heavy (non-hydrogen) atoms. The number of aryl methyl sites for hydroxylation is 1. The van der Waals surface area contributed by atoms with Gasteiger partial charge < -0.3 is 10.2 Å². The van der Waals surface area contributed by atoms with Crippen LogP contribution in [0.1, 0.15) is 37.8 Å². The second-order valence-electron chi connectivity index (χ2n) is 5.68. The molecule has 1 N–H and O–H groups in total. The van der Waals surface area contributed by atoms with Crippen LogP contribution in [0.3, 0.4) is 0 Å². The molecule has 0 heterocycles. The van der Waals surface area contributed by atoms with Crippen molar-refractivity contribution >= 4 is 17.5 Å². The van der Waals surface area contributed by atoms with Gasteiger partial charge in [-0.05, 0) is 37.5 Å². The summed E-state index contributed by atoms with van der Waals surface area (Å²) < 4.78 is 0. The van der Waals surface area contributed by atoms with Gasteiger partial charge in [-0.25, -0.2) is 0 Å². The van der Waals surface area contributed by atoms with E-state index in [1.54, 1.807) is 7.05 Å². The van der Waals surface area contributed by atoms with E-state index in [0.717, 1.165) is 29.7 Å². The molecule has 1 aromatic rings. The number of nitrogens with one attached hydrogen (secondary N) is 1. The Balaban J connectivity index is 2.61. The molecule has 1 rings (SSSR count). The van der Waals surface area contributed by atoms with E-state index in [9.17, 15) is 9.59 Å². The van der Waals surface area contributed by atoms with Crippen molar-refractivity contribution in [2.75, 3.05) is 18.9 Å². The summed E-state index contributed by atoms with van der Waals surface area (Å²) in [4.78, 5) is 25.7. The molecule has 0 aliphatic heterocycles. The summed E-state index contributed by atoms with van der Waals surface area (Å²) in [5.41, 5.74) is 3.00. The zero-order valence-electron chi connectivity index (χ0n) is 13.7. The molecular formula is C17H26N2O2. The van der Waals surface area contributed by atoms with Crippen molar-refractivity contribution < 1.29 is 9.59 Å². The largest absolute Gasteiger partial charge is 0.336 e. The van der Waals surface area contributed by atoms with Crippen molar-refractivity contribution in [2.24, 2.45) is 5.92 Å². The van der Waals surface area contributed by atoms with Crippen molar-refractivity contribution in [2.45, 2.75) is 40.5 Å². The first-order valence-electron chi connectivity index (χ1n) is 7.47. The van der Waals surface area contributed by atoms with Gasteiger partial charge in [-0.2, -0.15) is 0 Å². The van der Waals surface area contributed by atoms with Crippen LogP contribution in [0.5, 0.6) is 0 Å². The lowest BCUT2D eigenvalue weighted by Crippen LogP contribution is -2.37. The van der Waals surface area contributed by atoms with Crippen molar-refractivity contribution in [3.63, 3.8) is 0 Å². The first kappa shape index (κ1) is 17.2. The number of rotatable bonds is 6. The molecule has 0 aliphatic carbocycles. The molecule has 4 nitrogen and oxygen atoms in total. The van der Waals surface area contributed by atoms with Gasteiger partial charge in [0.05, 0.1) is 6.54 Å². The van der Waals surface area contributed by atoms with Gasteiger partial charge in [0.25, 0.3) is 0 Å². The molecule has 116 valence electrons. The third-order valence-electron chi connectivity index (χ3n) is 3.78. The Bertz CT molecular complexity index is 512. The van der Waals surface area contributed by atoms with E-state index in [1.165, 1.54) is 4.90 Å². The third kappa shape index (κ3) is 4.88. The van der Waals surface area contributed by atoms with Gasteiger partial charge in [0.1, 0.15) is 0 Å². The summed E-state index contributed by atoms with van der Waals surface area (Å²) in [6.45, 7) is 8.03. The number of carbonyl (C=O) groups is 2. The SMILES string of the molecule is CCCC(C)C(=O)N(C)CC(=O)Nc1cccc(C)c1C. The van der Waals surface area contributed by atoms with Crippen LogP contribution in [-0.4, -0.2) is 30.3 Å². The maximum absolute atomic E-state index is 12.1. The molecule has 0 aromatic heterocycles. The summed E-state index contributed by atoms with van der Waals surface area (Å²) in [6.07, 6.45) is 1.82. The Hall–Kier alpha value is -1.84. The van der Waals surface area contributed by atoms with E-state index in [4.69, 9.17) is 0 Å². The minimum Gasteiger partial charge on any atom is -0.336 e. The topological polar surface area (TPSA) is 49.4 Å². The van der Waals surface area contributed by atoms with Crippen LogP contribution >= 0.6 is 0 Å². The summed E-state index contributed by atoms with van der Waals surface area (Å²) in [5, 5.41) is 2.87. The monoisotopic (exact) mass is 290 g/mol. The van der Waals surface area contributed by atoms with E-state index in [1.807, 2.05) is 39.0 Å². The Morgan fingerprint density at radius 3 is 2.57 bits per heavy atom. The standard InChI is InChI=1S/C17H26N2O2/c1-6-8-13(3)17(21)19(5)11-16(20)18-15-10-7-9-12(2)14(15)4/h7,9-10,13H,6,8,11H2,1-5H3,(H,18,20). The number of carbonyl (C=O) groups excluding carboxylic acids is 2. The molecule has 4 heteroatoms. The Kier molecular flexibility index (Phi) is 6.40. The van der Waals surface area contributed by atoms with E-state index in [-0.39, 0.29) is 24.3 Å². The average Bonchev–Trinajstić information content (AvgIpc) is 2.43. The van der Waals surface area contributed by atoms with Crippen molar-refractivity contribution in [3.8, 4) is 0 Å². The van der Waals surface area contributed by atoms with E-state index in [0.29, 0.717) is 0 Å². The highest BCUT2D eigenvalue weighted by Crippen LogP contribution is 2.18. The van der Waals surface area contributed by atoms with Gasteiger partial charge in [0.15, 0.2) is 0 Å². The maximum Gasteiger partial charge on any atom is 0.243 e. The smallest absolute Gasteiger partial charge is 0.243 e. The minimum atomic E-state index is -0.164. The van der Waals surface area contributed by atoms with Crippen molar-refractivity contribution in [1.29, 1.82) is 0 Å². The molecule has 0 fully saturated rings. The molecule has 0 bridgehead atoms. The Morgan fingerprint density at radius 2 is 1.95 bits per heavy atom. The van der Waals surface area contributed by atoms with Crippen LogP contribution in [0, 0.1) is 19.8 Å². The Morgan fingerprint density at radius 1 is 1.29 bits per heavy atom. The molecular weight excluding hydrogens is 264 g/mol. The quantitative estimate of drug-likeness (QED) is 0.875. The van der Waals surface area contributed by atoms with E-state index >= 15 is 0 Å². The second kappa shape index (κ2) is 7.81. The molecule has 1 aromatic carbocycles. The van der Waals surface area contributed by atoms with Gasteiger partial charge in [-0.1, -0.05) is 32.4 Å². The summed E-state index contributed by atoms with van der Waals surface area (Å²) in [5.74, 6) is -0.176. The molecule has 0 radical (unpaired) electrons. The van der Waals surface area contributed by atoms with Crippen LogP contribution in [0.25, 0.3) is 0 Å². The third-order valence-corrected chi connectivity index (χ3v) is 3.78. The van der Waals surface area contributed by atoms with Gasteiger partial charge in [0.2, 0.25) is 11.8 Å². The highest BCUT2D eigenvalue weighted by atomic mass is 16.2. The van der Waals surface area contributed by atoms with Crippen LogP contribution < -0.4 is 5.32 Å². The number of hydrogen-bond acceptors (Lipinski definition) is 2. The molecule has 2 amide bonds. The Labute approximate surface area is 127 Å². The number of nitrogens with zero attached hydrogens (tertiary/aromatic N) is 1. The van der Waals surface area contributed by atoms with E-state index in [2.05, 4.69) is 12.2 Å².